The Labute approximate surface area is 124 Å². The summed E-state index contributed by atoms with van der Waals surface area (Å²) in [5.41, 5.74) is 6.50. The predicted octanol–water partition coefficient (Wildman–Crippen LogP) is 2.58. The van der Waals surface area contributed by atoms with Crippen LogP contribution in [0, 0.1) is 0 Å². The van der Waals surface area contributed by atoms with Crippen LogP contribution in [-0.2, 0) is 11.3 Å². The molecular weight excluding hydrogens is 276 g/mol. The number of piperidine rings is 1. The number of nitrogens with two attached hydrogens (primary N) is 1. The summed E-state index contributed by atoms with van der Waals surface area (Å²) >= 11 is 6.14. The number of rotatable bonds is 4. The monoisotopic (exact) mass is 296 g/mol. The van der Waals surface area contributed by atoms with Crippen molar-refractivity contribution in [3.8, 4) is 5.75 Å². The standard InChI is InChI=1S/C15H21ClN2O2/c1-11(15(19)18-8-3-2-4-9-18)20-14-12(10-17)6-5-7-13(14)16/h5-7,11H,2-4,8-10,17H2,1H3. The van der Waals surface area contributed by atoms with E-state index in [1.807, 2.05) is 17.0 Å². The maximum atomic E-state index is 12.3. The van der Waals surface area contributed by atoms with Crippen molar-refractivity contribution in [2.24, 2.45) is 5.73 Å². The van der Waals surface area contributed by atoms with Crippen molar-refractivity contribution in [2.45, 2.75) is 38.8 Å². The van der Waals surface area contributed by atoms with E-state index in [1.54, 1.807) is 13.0 Å². The first-order valence-corrected chi connectivity index (χ1v) is 7.44. The molecule has 0 radical (unpaired) electrons. The quantitative estimate of drug-likeness (QED) is 0.929. The molecule has 1 atom stereocenters. The highest BCUT2D eigenvalue weighted by Crippen LogP contribution is 2.29. The SMILES string of the molecule is CC(Oc1c(Cl)cccc1CN)C(=O)N1CCCCC1. The number of benzene rings is 1. The van der Waals surface area contributed by atoms with Crippen LogP contribution in [0.15, 0.2) is 18.2 Å². The third kappa shape index (κ3) is 3.44. The molecule has 0 bridgehead atoms. The zero-order valence-electron chi connectivity index (χ0n) is 11.8. The lowest BCUT2D eigenvalue weighted by atomic mass is 10.1. The molecule has 1 aromatic rings. The third-order valence-corrected chi connectivity index (χ3v) is 3.88. The van der Waals surface area contributed by atoms with Gasteiger partial charge in [-0.1, -0.05) is 23.7 Å². The number of carbonyl (C=O) groups excluding carboxylic acids is 1. The lowest BCUT2D eigenvalue weighted by molar-refractivity contribution is -0.138. The molecule has 0 aliphatic carbocycles. The van der Waals surface area contributed by atoms with Gasteiger partial charge in [-0.15, -0.1) is 0 Å². The molecule has 0 aromatic heterocycles. The lowest BCUT2D eigenvalue weighted by Gasteiger charge is -2.29. The summed E-state index contributed by atoms with van der Waals surface area (Å²) in [5, 5.41) is 0.492. The fourth-order valence-corrected chi connectivity index (χ4v) is 2.68. The van der Waals surface area contributed by atoms with Crippen molar-refractivity contribution >= 4 is 17.5 Å². The molecule has 1 fully saturated rings. The second kappa shape index (κ2) is 6.95. The number of ether oxygens (including phenoxy) is 1. The highest BCUT2D eigenvalue weighted by Gasteiger charge is 2.24. The van der Waals surface area contributed by atoms with Crippen LogP contribution >= 0.6 is 11.6 Å². The van der Waals surface area contributed by atoms with Crippen LogP contribution in [0.4, 0.5) is 0 Å². The summed E-state index contributed by atoms with van der Waals surface area (Å²) in [6.45, 7) is 3.73. The van der Waals surface area contributed by atoms with Gasteiger partial charge in [-0.2, -0.15) is 0 Å². The first-order chi connectivity index (χ1) is 9.63. The number of amides is 1. The summed E-state index contributed by atoms with van der Waals surface area (Å²) in [6, 6.07) is 5.43. The fourth-order valence-electron chi connectivity index (χ4n) is 2.44. The minimum Gasteiger partial charge on any atom is -0.479 e. The summed E-state index contributed by atoms with van der Waals surface area (Å²) in [7, 11) is 0. The van der Waals surface area contributed by atoms with Crippen LogP contribution in [0.3, 0.4) is 0 Å². The van der Waals surface area contributed by atoms with Crippen LogP contribution < -0.4 is 10.5 Å². The number of halogens is 1. The Bertz CT molecular complexity index is 473. The molecule has 0 saturated carbocycles. The van der Waals surface area contributed by atoms with E-state index in [0.717, 1.165) is 31.5 Å². The van der Waals surface area contributed by atoms with Crippen molar-refractivity contribution in [3.05, 3.63) is 28.8 Å². The van der Waals surface area contributed by atoms with Crippen LogP contribution in [0.5, 0.6) is 5.75 Å². The van der Waals surface area contributed by atoms with Gasteiger partial charge >= 0.3 is 0 Å². The molecule has 1 saturated heterocycles. The largest absolute Gasteiger partial charge is 0.479 e. The Morgan fingerprint density at radius 2 is 2.10 bits per heavy atom. The van der Waals surface area contributed by atoms with Crippen molar-refractivity contribution < 1.29 is 9.53 Å². The van der Waals surface area contributed by atoms with Gasteiger partial charge in [-0.3, -0.25) is 4.79 Å². The zero-order valence-corrected chi connectivity index (χ0v) is 12.5. The minimum atomic E-state index is -0.543. The van der Waals surface area contributed by atoms with E-state index >= 15 is 0 Å². The van der Waals surface area contributed by atoms with E-state index < -0.39 is 6.10 Å². The van der Waals surface area contributed by atoms with Gasteiger partial charge in [0.05, 0.1) is 5.02 Å². The first-order valence-electron chi connectivity index (χ1n) is 7.06. The molecular formula is C15H21ClN2O2. The molecule has 1 amide bonds. The molecule has 2 N–H and O–H groups in total. The second-order valence-corrected chi connectivity index (χ2v) is 5.49. The molecule has 1 aliphatic heterocycles. The van der Waals surface area contributed by atoms with Gasteiger partial charge in [0.15, 0.2) is 6.10 Å². The van der Waals surface area contributed by atoms with Crippen LogP contribution in [0.2, 0.25) is 5.02 Å². The first kappa shape index (κ1) is 15.1. The molecule has 1 aliphatic rings. The van der Waals surface area contributed by atoms with E-state index in [4.69, 9.17) is 22.1 Å². The molecule has 2 rings (SSSR count). The van der Waals surface area contributed by atoms with E-state index in [-0.39, 0.29) is 5.91 Å². The van der Waals surface area contributed by atoms with E-state index in [0.29, 0.717) is 17.3 Å². The maximum absolute atomic E-state index is 12.3. The third-order valence-electron chi connectivity index (χ3n) is 3.58. The highest BCUT2D eigenvalue weighted by atomic mass is 35.5. The highest BCUT2D eigenvalue weighted by molar-refractivity contribution is 6.32. The minimum absolute atomic E-state index is 0.0209. The van der Waals surface area contributed by atoms with Crippen LogP contribution in [0.1, 0.15) is 31.7 Å². The van der Waals surface area contributed by atoms with Crippen molar-refractivity contribution in [1.82, 2.24) is 4.90 Å². The normalized spacial score (nSPS) is 16.9. The average molecular weight is 297 g/mol. The van der Waals surface area contributed by atoms with Gasteiger partial charge in [0.2, 0.25) is 0 Å². The Kier molecular flexibility index (Phi) is 5.26. The topological polar surface area (TPSA) is 55.6 Å². The molecule has 1 aromatic carbocycles. The van der Waals surface area contributed by atoms with E-state index in [2.05, 4.69) is 0 Å². The van der Waals surface area contributed by atoms with Gasteiger partial charge in [0.25, 0.3) is 5.91 Å². The molecule has 5 heteroatoms. The molecule has 20 heavy (non-hydrogen) atoms. The Hall–Kier alpha value is -1.26. The lowest BCUT2D eigenvalue weighted by Crippen LogP contribution is -2.43. The van der Waals surface area contributed by atoms with Crippen molar-refractivity contribution in [3.63, 3.8) is 0 Å². The van der Waals surface area contributed by atoms with Gasteiger partial charge in [0.1, 0.15) is 5.75 Å². The zero-order chi connectivity index (χ0) is 14.5. The second-order valence-electron chi connectivity index (χ2n) is 5.08. The van der Waals surface area contributed by atoms with Gasteiger partial charge < -0.3 is 15.4 Å². The number of para-hydroxylation sites is 1. The number of hydrogen-bond donors (Lipinski definition) is 1. The van der Waals surface area contributed by atoms with E-state index in [9.17, 15) is 4.79 Å². The Morgan fingerprint density at radius 3 is 2.75 bits per heavy atom. The summed E-state index contributed by atoms with van der Waals surface area (Å²) in [4.78, 5) is 14.2. The molecule has 1 unspecified atom stereocenters. The Balaban J connectivity index is 2.07. The molecule has 110 valence electrons. The summed E-state index contributed by atoms with van der Waals surface area (Å²) in [6.07, 6.45) is 2.79. The number of carbonyl (C=O) groups is 1. The molecule has 4 nitrogen and oxygen atoms in total. The van der Waals surface area contributed by atoms with Gasteiger partial charge in [0, 0.05) is 25.2 Å². The average Bonchev–Trinajstić information content (AvgIpc) is 2.49. The van der Waals surface area contributed by atoms with Crippen molar-refractivity contribution in [1.29, 1.82) is 0 Å². The van der Waals surface area contributed by atoms with Gasteiger partial charge in [-0.05, 0) is 32.3 Å². The fraction of sp³-hybridized carbons (Fsp3) is 0.533. The summed E-state index contributed by atoms with van der Waals surface area (Å²) in [5.74, 6) is 0.544. The number of hydrogen-bond acceptors (Lipinski definition) is 3. The van der Waals surface area contributed by atoms with Gasteiger partial charge in [-0.25, -0.2) is 0 Å². The smallest absolute Gasteiger partial charge is 0.263 e. The van der Waals surface area contributed by atoms with E-state index in [1.165, 1.54) is 6.42 Å². The van der Waals surface area contributed by atoms with Crippen molar-refractivity contribution in [2.75, 3.05) is 13.1 Å². The maximum Gasteiger partial charge on any atom is 0.263 e. The van der Waals surface area contributed by atoms with Crippen LogP contribution in [-0.4, -0.2) is 30.0 Å². The summed E-state index contributed by atoms with van der Waals surface area (Å²) < 4.78 is 5.78. The number of nitrogens with zero attached hydrogens (tertiary/aromatic N) is 1. The number of likely N-dealkylation sites (tertiary alicyclic amines) is 1. The predicted molar refractivity (Wildman–Crippen MR) is 79.9 cm³/mol. The molecule has 1 heterocycles. The van der Waals surface area contributed by atoms with Crippen LogP contribution in [0.25, 0.3) is 0 Å². The Morgan fingerprint density at radius 1 is 1.40 bits per heavy atom. The molecule has 0 spiro atoms.